The third kappa shape index (κ3) is 6.93. The topological polar surface area (TPSA) is 80.9 Å². The Balaban J connectivity index is 0.000000172. The summed E-state index contributed by atoms with van der Waals surface area (Å²) in [6, 6.07) is 53.3. The zero-order valence-electron chi connectivity index (χ0n) is 25.0. The number of phenols is 4. The molecule has 7 rings (SSSR count). The molecule has 7 aromatic carbocycles. The standard InChI is InChI=1S/C24H18O3.C18H14O/c25-22-7-1-16(2-8-22)19-13-20(17-3-9-23(26)10-4-17)15-21(14-19)18-5-11-24(27)12-6-18;19-18-16(14-8-3-1-4-9-14)12-7-13-17(18)15-10-5-2-6-11-15/h1-15,25-27H;1-13,19H. The molecule has 0 spiro atoms. The maximum Gasteiger partial charge on any atom is 0.131 e. The molecule has 0 heterocycles. The molecule has 224 valence electrons. The minimum Gasteiger partial charge on any atom is -0.508 e. The lowest BCUT2D eigenvalue weighted by Crippen LogP contribution is -1.86. The number of rotatable bonds is 5. The molecule has 0 amide bonds. The molecule has 0 saturated heterocycles. The lowest BCUT2D eigenvalue weighted by molar-refractivity contribution is 0.475. The van der Waals surface area contributed by atoms with Gasteiger partial charge in [0.05, 0.1) is 0 Å². The van der Waals surface area contributed by atoms with Gasteiger partial charge in [-0.2, -0.15) is 0 Å². The van der Waals surface area contributed by atoms with Crippen LogP contribution in [0.4, 0.5) is 0 Å². The number of hydrogen-bond acceptors (Lipinski definition) is 4. The third-order valence-electron chi connectivity index (χ3n) is 7.74. The summed E-state index contributed by atoms with van der Waals surface area (Å²) in [7, 11) is 0. The van der Waals surface area contributed by atoms with Gasteiger partial charge in [0.25, 0.3) is 0 Å². The molecule has 0 aliphatic rings. The maximum atomic E-state index is 10.5. The first-order chi connectivity index (χ1) is 22.4. The molecule has 0 aliphatic carbocycles. The second kappa shape index (κ2) is 13.6. The first-order valence-electron chi connectivity index (χ1n) is 14.9. The average Bonchev–Trinajstić information content (AvgIpc) is 3.10. The van der Waals surface area contributed by atoms with Crippen molar-refractivity contribution in [3.8, 4) is 78.6 Å². The van der Waals surface area contributed by atoms with Gasteiger partial charge in [-0.1, -0.05) is 115 Å². The van der Waals surface area contributed by atoms with Gasteiger partial charge in [0.1, 0.15) is 23.0 Å². The van der Waals surface area contributed by atoms with Crippen molar-refractivity contribution >= 4 is 0 Å². The molecule has 0 saturated carbocycles. The molecular formula is C42H32O4. The Hall–Kier alpha value is -6.26. The summed E-state index contributed by atoms with van der Waals surface area (Å²) in [5.41, 5.74) is 9.81. The summed E-state index contributed by atoms with van der Waals surface area (Å²) in [6.45, 7) is 0. The molecule has 4 heteroatoms. The number of benzene rings is 7. The summed E-state index contributed by atoms with van der Waals surface area (Å²) in [5.74, 6) is 1.02. The first kappa shape index (κ1) is 29.8. The monoisotopic (exact) mass is 600 g/mol. The van der Waals surface area contributed by atoms with Gasteiger partial charge in [-0.05, 0) is 99.1 Å². The van der Waals surface area contributed by atoms with E-state index in [-0.39, 0.29) is 17.2 Å². The van der Waals surface area contributed by atoms with Crippen LogP contribution in [0, 0.1) is 0 Å². The van der Waals surface area contributed by atoms with E-state index in [2.05, 4.69) is 18.2 Å². The van der Waals surface area contributed by atoms with E-state index in [9.17, 15) is 20.4 Å². The molecule has 7 aromatic rings. The maximum absolute atomic E-state index is 10.5. The molecule has 0 fully saturated rings. The van der Waals surface area contributed by atoms with Crippen LogP contribution in [0.5, 0.6) is 23.0 Å². The highest BCUT2D eigenvalue weighted by Crippen LogP contribution is 2.38. The van der Waals surface area contributed by atoms with Gasteiger partial charge in [-0.15, -0.1) is 0 Å². The Labute approximate surface area is 268 Å². The number of aromatic hydroxyl groups is 4. The molecule has 0 aliphatic heterocycles. The highest BCUT2D eigenvalue weighted by molar-refractivity contribution is 5.83. The normalized spacial score (nSPS) is 10.5. The van der Waals surface area contributed by atoms with Crippen LogP contribution in [0.25, 0.3) is 55.6 Å². The Bertz CT molecular complexity index is 1820. The molecule has 0 aromatic heterocycles. The SMILES string of the molecule is Oc1c(-c2ccccc2)cccc1-c1ccccc1.Oc1ccc(-c2cc(-c3ccc(O)cc3)cc(-c3ccc(O)cc3)c2)cc1. The lowest BCUT2D eigenvalue weighted by Gasteiger charge is -2.12. The summed E-state index contributed by atoms with van der Waals surface area (Å²) in [6.07, 6.45) is 0. The second-order valence-corrected chi connectivity index (χ2v) is 10.9. The van der Waals surface area contributed by atoms with E-state index in [0.717, 1.165) is 55.6 Å². The van der Waals surface area contributed by atoms with Crippen LogP contribution in [0.1, 0.15) is 0 Å². The van der Waals surface area contributed by atoms with E-state index in [1.54, 1.807) is 36.4 Å². The van der Waals surface area contributed by atoms with Gasteiger partial charge < -0.3 is 20.4 Å². The minimum atomic E-state index is 0.229. The van der Waals surface area contributed by atoms with Crippen molar-refractivity contribution in [3.63, 3.8) is 0 Å². The van der Waals surface area contributed by atoms with Crippen LogP contribution in [-0.4, -0.2) is 20.4 Å². The van der Waals surface area contributed by atoms with Gasteiger partial charge in [-0.3, -0.25) is 0 Å². The summed E-state index contributed by atoms with van der Waals surface area (Å²) in [5, 5.41) is 39.2. The molecule has 46 heavy (non-hydrogen) atoms. The van der Waals surface area contributed by atoms with Crippen molar-refractivity contribution in [2.24, 2.45) is 0 Å². The van der Waals surface area contributed by atoms with Gasteiger partial charge in [0.2, 0.25) is 0 Å². The van der Waals surface area contributed by atoms with Crippen molar-refractivity contribution in [3.05, 3.63) is 170 Å². The van der Waals surface area contributed by atoms with E-state index in [4.69, 9.17) is 0 Å². The Morgan fingerprint density at radius 1 is 0.239 bits per heavy atom. The molecule has 0 bridgehead atoms. The van der Waals surface area contributed by atoms with Gasteiger partial charge in [-0.25, -0.2) is 0 Å². The number of hydrogen-bond donors (Lipinski definition) is 4. The van der Waals surface area contributed by atoms with E-state index < -0.39 is 0 Å². The van der Waals surface area contributed by atoms with Crippen LogP contribution >= 0.6 is 0 Å². The highest BCUT2D eigenvalue weighted by Gasteiger charge is 2.10. The van der Waals surface area contributed by atoms with Gasteiger partial charge in [0, 0.05) is 11.1 Å². The predicted octanol–water partition coefficient (Wildman–Crippen LogP) is 10.5. The highest BCUT2D eigenvalue weighted by atomic mass is 16.3. The van der Waals surface area contributed by atoms with E-state index in [1.165, 1.54) is 0 Å². The van der Waals surface area contributed by atoms with E-state index in [1.807, 2.05) is 115 Å². The molecule has 4 N–H and O–H groups in total. The van der Waals surface area contributed by atoms with E-state index >= 15 is 0 Å². The Morgan fingerprint density at radius 2 is 0.543 bits per heavy atom. The molecule has 0 radical (unpaired) electrons. The van der Waals surface area contributed by atoms with Gasteiger partial charge in [0.15, 0.2) is 0 Å². The van der Waals surface area contributed by atoms with E-state index in [0.29, 0.717) is 5.75 Å². The summed E-state index contributed by atoms with van der Waals surface area (Å²) < 4.78 is 0. The van der Waals surface area contributed by atoms with Crippen LogP contribution in [0.2, 0.25) is 0 Å². The van der Waals surface area contributed by atoms with Gasteiger partial charge >= 0.3 is 0 Å². The third-order valence-corrected chi connectivity index (χ3v) is 7.74. The van der Waals surface area contributed by atoms with Crippen molar-refractivity contribution in [1.82, 2.24) is 0 Å². The van der Waals surface area contributed by atoms with Crippen LogP contribution in [0.3, 0.4) is 0 Å². The fourth-order valence-electron chi connectivity index (χ4n) is 5.33. The predicted molar refractivity (Wildman–Crippen MR) is 187 cm³/mol. The minimum absolute atomic E-state index is 0.229. The van der Waals surface area contributed by atoms with Crippen molar-refractivity contribution in [1.29, 1.82) is 0 Å². The van der Waals surface area contributed by atoms with Crippen molar-refractivity contribution < 1.29 is 20.4 Å². The van der Waals surface area contributed by atoms with Crippen LogP contribution in [-0.2, 0) is 0 Å². The molecule has 4 nitrogen and oxygen atoms in total. The number of phenolic OH excluding ortho intramolecular Hbond substituents is 4. The summed E-state index contributed by atoms with van der Waals surface area (Å²) in [4.78, 5) is 0. The average molecular weight is 601 g/mol. The largest absolute Gasteiger partial charge is 0.508 e. The fourth-order valence-corrected chi connectivity index (χ4v) is 5.33. The molecule has 0 atom stereocenters. The van der Waals surface area contributed by atoms with Crippen LogP contribution < -0.4 is 0 Å². The molecule has 0 unspecified atom stereocenters. The van der Waals surface area contributed by atoms with Crippen molar-refractivity contribution in [2.75, 3.05) is 0 Å². The van der Waals surface area contributed by atoms with Crippen LogP contribution in [0.15, 0.2) is 170 Å². The molecular weight excluding hydrogens is 568 g/mol. The number of para-hydroxylation sites is 1. The lowest BCUT2D eigenvalue weighted by atomic mass is 9.93. The first-order valence-corrected chi connectivity index (χ1v) is 14.9. The Morgan fingerprint density at radius 3 is 0.848 bits per heavy atom. The fraction of sp³-hybridized carbons (Fsp3) is 0. The Kier molecular flexibility index (Phi) is 8.80. The zero-order valence-corrected chi connectivity index (χ0v) is 25.0. The smallest absolute Gasteiger partial charge is 0.131 e. The quantitative estimate of drug-likeness (QED) is 0.158. The summed E-state index contributed by atoms with van der Waals surface area (Å²) >= 11 is 0. The zero-order chi connectivity index (χ0) is 31.9. The van der Waals surface area contributed by atoms with Crippen molar-refractivity contribution in [2.45, 2.75) is 0 Å². The second-order valence-electron chi connectivity index (χ2n) is 10.9.